The number of para-hydroxylation sites is 1. The van der Waals surface area contributed by atoms with Crippen molar-refractivity contribution >= 4 is 6.09 Å². The van der Waals surface area contributed by atoms with Crippen LogP contribution in [-0.2, 0) is 4.74 Å². The molecular weight excluding hydrogens is 256 g/mol. The van der Waals surface area contributed by atoms with E-state index in [1.54, 1.807) is 0 Å². The largest absolute Gasteiger partial charge is 0.490 e. The maximum atomic E-state index is 12.1. The fourth-order valence-electron chi connectivity index (χ4n) is 2.96. The number of carbonyl (C=O) groups excluding carboxylic acids is 1. The summed E-state index contributed by atoms with van der Waals surface area (Å²) in [4.78, 5) is 14.0. The molecule has 2 heterocycles. The Morgan fingerprint density at radius 2 is 1.85 bits per heavy atom. The Kier molecular flexibility index (Phi) is 4.06. The van der Waals surface area contributed by atoms with E-state index in [1.165, 1.54) is 0 Å². The zero-order valence-corrected chi connectivity index (χ0v) is 11.5. The molecule has 0 aliphatic carbocycles. The number of carbonyl (C=O) groups is 1. The van der Waals surface area contributed by atoms with Crippen LogP contribution in [0, 0.1) is 0 Å². The highest BCUT2D eigenvalue weighted by Crippen LogP contribution is 2.27. The zero-order valence-electron chi connectivity index (χ0n) is 11.5. The lowest BCUT2D eigenvalue weighted by Crippen LogP contribution is -2.54. The number of piperazine rings is 1. The van der Waals surface area contributed by atoms with E-state index in [2.05, 4.69) is 5.32 Å². The molecule has 1 N–H and O–H groups in total. The van der Waals surface area contributed by atoms with Crippen LogP contribution in [0.25, 0.3) is 0 Å². The molecule has 3 rings (SSSR count). The van der Waals surface area contributed by atoms with Gasteiger partial charge in [0, 0.05) is 25.2 Å². The SMILES string of the molecule is O=C(OCCOc1ccccc1)N1C2CCC1CNC2. The van der Waals surface area contributed by atoms with Crippen molar-refractivity contribution in [2.45, 2.75) is 24.9 Å². The minimum atomic E-state index is -0.198. The molecule has 2 bridgehead atoms. The maximum absolute atomic E-state index is 12.1. The average molecular weight is 276 g/mol. The first-order valence-corrected chi connectivity index (χ1v) is 7.18. The molecule has 20 heavy (non-hydrogen) atoms. The lowest BCUT2D eigenvalue weighted by Gasteiger charge is -2.34. The van der Waals surface area contributed by atoms with Crippen LogP contribution in [0.5, 0.6) is 5.75 Å². The normalized spacial score (nSPS) is 24.5. The van der Waals surface area contributed by atoms with Gasteiger partial charge in [-0.1, -0.05) is 18.2 Å². The van der Waals surface area contributed by atoms with Crippen molar-refractivity contribution in [3.63, 3.8) is 0 Å². The molecule has 2 saturated heterocycles. The molecule has 2 aliphatic rings. The van der Waals surface area contributed by atoms with Gasteiger partial charge in [-0.2, -0.15) is 0 Å². The summed E-state index contributed by atoms with van der Waals surface area (Å²) in [6.45, 7) is 2.44. The van der Waals surface area contributed by atoms with E-state index >= 15 is 0 Å². The summed E-state index contributed by atoms with van der Waals surface area (Å²) < 4.78 is 10.8. The van der Waals surface area contributed by atoms with Crippen LogP contribution in [0.4, 0.5) is 4.79 Å². The molecule has 0 spiro atoms. The number of ether oxygens (including phenoxy) is 2. The van der Waals surface area contributed by atoms with Crippen LogP contribution in [0.15, 0.2) is 30.3 Å². The van der Waals surface area contributed by atoms with Crippen molar-refractivity contribution in [3.8, 4) is 5.75 Å². The Morgan fingerprint density at radius 3 is 2.55 bits per heavy atom. The highest BCUT2D eigenvalue weighted by Gasteiger charge is 2.40. The highest BCUT2D eigenvalue weighted by atomic mass is 16.6. The summed E-state index contributed by atoms with van der Waals surface area (Å²) in [5.74, 6) is 0.797. The molecule has 1 aromatic carbocycles. The third-order valence-corrected chi connectivity index (χ3v) is 3.91. The topological polar surface area (TPSA) is 50.8 Å². The third kappa shape index (κ3) is 2.88. The van der Waals surface area contributed by atoms with Crippen LogP contribution >= 0.6 is 0 Å². The molecule has 0 aromatic heterocycles. The molecule has 2 fully saturated rings. The fraction of sp³-hybridized carbons (Fsp3) is 0.533. The molecule has 1 amide bonds. The van der Waals surface area contributed by atoms with E-state index in [4.69, 9.17) is 9.47 Å². The van der Waals surface area contributed by atoms with Crippen molar-refractivity contribution in [1.29, 1.82) is 0 Å². The Hall–Kier alpha value is -1.75. The van der Waals surface area contributed by atoms with Gasteiger partial charge in [-0.25, -0.2) is 4.79 Å². The Morgan fingerprint density at radius 1 is 1.15 bits per heavy atom. The molecule has 1 aromatic rings. The van der Waals surface area contributed by atoms with E-state index in [-0.39, 0.29) is 12.7 Å². The summed E-state index contributed by atoms with van der Waals surface area (Å²) in [5, 5.41) is 3.35. The number of hydrogen-bond donors (Lipinski definition) is 1. The molecule has 2 aliphatic heterocycles. The molecular formula is C15H20N2O3. The number of amides is 1. The predicted octanol–water partition coefficient (Wildman–Crippen LogP) is 1.64. The highest BCUT2D eigenvalue weighted by molar-refractivity contribution is 5.69. The first-order valence-electron chi connectivity index (χ1n) is 7.18. The third-order valence-electron chi connectivity index (χ3n) is 3.91. The van der Waals surface area contributed by atoms with Crippen LogP contribution in [0.2, 0.25) is 0 Å². The summed E-state index contributed by atoms with van der Waals surface area (Å²) in [6.07, 6.45) is 1.95. The van der Waals surface area contributed by atoms with Gasteiger partial charge >= 0.3 is 6.09 Å². The summed E-state index contributed by atoms with van der Waals surface area (Å²) in [7, 11) is 0. The molecule has 2 atom stereocenters. The quantitative estimate of drug-likeness (QED) is 0.849. The van der Waals surface area contributed by atoms with Crippen LogP contribution < -0.4 is 10.1 Å². The molecule has 5 nitrogen and oxygen atoms in total. The molecule has 0 radical (unpaired) electrons. The van der Waals surface area contributed by atoms with Gasteiger partial charge in [0.1, 0.15) is 19.0 Å². The van der Waals surface area contributed by atoms with Crippen molar-refractivity contribution in [2.24, 2.45) is 0 Å². The Labute approximate surface area is 118 Å². The van der Waals surface area contributed by atoms with E-state index < -0.39 is 0 Å². The van der Waals surface area contributed by atoms with Crippen molar-refractivity contribution < 1.29 is 14.3 Å². The number of benzene rings is 1. The van der Waals surface area contributed by atoms with Gasteiger partial charge in [-0.15, -0.1) is 0 Å². The number of nitrogens with one attached hydrogen (secondary N) is 1. The van der Waals surface area contributed by atoms with E-state index in [1.807, 2.05) is 35.2 Å². The molecule has 108 valence electrons. The predicted molar refractivity (Wildman–Crippen MR) is 74.8 cm³/mol. The maximum Gasteiger partial charge on any atom is 0.410 e. The lowest BCUT2D eigenvalue weighted by atomic mass is 10.2. The summed E-state index contributed by atoms with van der Waals surface area (Å²) >= 11 is 0. The number of nitrogens with zero attached hydrogens (tertiary/aromatic N) is 1. The summed E-state index contributed by atoms with van der Waals surface area (Å²) in [6, 6.07) is 10.1. The first-order chi connectivity index (χ1) is 9.84. The minimum absolute atomic E-state index is 0.198. The average Bonchev–Trinajstić information content (AvgIpc) is 2.74. The van der Waals surface area contributed by atoms with Gasteiger partial charge in [0.25, 0.3) is 0 Å². The first kappa shape index (κ1) is 13.2. The van der Waals surface area contributed by atoms with Crippen LogP contribution in [0.1, 0.15) is 12.8 Å². The monoisotopic (exact) mass is 276 g/mol. The van der Waals surface area contributed by atoms with Crippen molar-refractivity contribution in [2.75, 3.05) is 26.3 Å². The standard InChI is InChI=1S/C15H20N2O3/c18-15(17-12-6-7-13(17)11-16-10-12)20-9-8-19-14-4-2-1-3-5-14/h1-5,12-13,16H,6-11H2. The number of fused-ring (bicyclic) bond motifs is 2. The lowest BCUT2D eigenvalue weighted by molar-refractivity contribution is 0.0645. The molecule has 5 heteroatoms. The number of rotatable bonds is 4. The summed E-state index contributed by atoms with van der Waals surface area (Å²) in [5.41, 5.74) is 0. The number of hydrogen-bond acceptors (Lipinski definition) is 4. The molecule has 0 saturated carbocycles. The van der Waals surface area contributed by atoms with Crippen LogP contribution in [-0.4, -0.2) is 49.4 Å². The van der Waals surface area contributed by atoms with Gasteiger partial charge in [-0.05, 0) is 25.0 Å². The second kappa shape index (κ2) is 6.13. The van der Waals surface area contributed by atoms with Gasteiger partial charge in [-0.3, -0.25) is 4.90 Å². The Balaban J connectivity index is 1.41. The van der Waals surface area contributed by atoms with Gasteiger partial charge < -0.3 is 14.8 Å². The minimum Gasteiger partial charge on any atom is -0.490 e. The second-order valence-electron chi connectivity index (χ2n) is 5.23. The smallest absolute Gasteiger partial charge is 0.410 e. The second-order valence-corrected chi connectivity index (χ2v) is 5.23. The fourth-order valence-corrected chi connectivity index (χ4v) is 2.96. The van der Waals surface area contributed by atoms with Gasteiger partial charge in [0.2, 0.25) is 0 Å². The van der Waals surface area contributed by atoms with Crippen molar-refractivity contribution in [1.82, 2.24) is 10.2 Å². The van der Waals surface area contributed by atoms with Gasteiger partial charge in [0.15, 0.2) is 0 Å². The van der Waals surface area contributed by atoms with Crippen LogP contribution in [0.3, 0.4) is 0 Å². The van der Waals surface area contributed by atoms with E-state index in [0.29, 0.717) is 18.7 Å². The van der Waals surface area contributed by atoms with Crippen molar-refractivity contribution in [3.05, 3.63) is 30.3 Å². The van der Waals surface area contributed by atoms with E-state index in [9.17, 15) is 4.79 Å². The zero-order chi connectivity index (χ0) is 13.8. The van der Waals surface area contributed by atoms with Gasteiger partial charge in [0.05, 0.1) is 0 Å². The van der Waals surface area contributed by atoms with E-state index in [0.717, 1.165) is 31.7 Å². The molecule has 2 unspecified atom stereocenters. The Bertz CT molecular complexity index is 436.